The van der Waals surface area contributed by atoms with E-state index in [-0.39, 0.29) is 27.6 Å². The van der Waals surface area contributed by atoms with Crippen molar-refractivity contribution < 1.29 is 19.2 Å². The molecule has 0 aliphatic heterocycles. The topological polar surface area (TPSA) is 17.8 Å². The molecule has 1 heterocycles. The van der Waals surface area contributed by atoms with Crippen molar-refractivity contribution in [1.82, 2.24) is 9.55 Å². The van der Waals surface area contributed by atoms with E-state index >= 15 is 0 Å². The molecule has 0 atom stereocenters. The molecule has 1 aromatic heterocycles. The Morgan fingerprint density at radius 3 is 2.16 bits per heavy atom. The van der Waals surface area contributed by atoms with Gasteiger partial charge in [0.15, 0.2) is 0 Å². The number of rotatable bonds is 6. The number of nitrogens with zero attached hydrogens (tertiary/aromatic N) is 2. The number of fused-ring (bicyclic) bond motifs is 1. The van der Waals surface area contributed by atoms with Crippen LogP contribution >= 0.6 is 0 Å². The summed E-state index contributed by atoms with van der Waals surface area (Å²) in [6.45, 7) is -8.19. The Bertz CT molecular complexity index is 1770. The molecule has 4 heteroatoms. The lowest BCUT2D eigenvalue weighted by atomic mass is 9.92. The number of imidazole rings is 1. The van der Waals surface area contributed by atoms with Gasteiger partial charge in [0, 0.05) is 38.5 Å². The maximum Gasteiger partial charge on any atom is 0.145 e. The third kappa shape index (κ3) is 4.14. The van der Waals surface area contributed by atoms with Crippen LogP contribution in [0.4, 0.5) is 0 Å². The average Bonchev–Trinajstić information content (AvgIpc) is 3.31. The van der Waals surface area contributed by atoms with Gasteiger partial charge in [-0.05, 0) is 35.0 Å². The molecule has 0 aliphatic carbocycles. The zero-order chi connectivity index (χ0) is 37.6. The first-order valence-corrected chi connectivity index (χ1v) is 14.2. The van der Waals surface area contributed by atoms with E-state index in [9.17, 15) is 2.74 Å². The van der Waals surface area contributed by atoms with Crippen molar-refractivity contribution >= 4 is 39.5 Å². The molecule has 0 amide bonds. The monoisotopic (exact) mass is 473 g/mol. The van der Waals surface area contributed by atoms with Crippen LogP contribution in [0.2, 0.25) is 19.6 Å². The van der Waals surface area contributed by atoms with E-state index in [1.807, 2.05) is 25.7 Å². The molecule has 0 radical (unpaired) electrons. The number of hydrogen-bond donors (Lipinski definition) is 0. The second kappa shape index (κ2) is 8.49. The molecule has 2 nitrogen and oxygen atoms in total. The maximum atomic E-state index is 9.19. The number of benzene rings is 3. The summed E-state index contributed by atoms with van der Waals surface area (Å²) in [6.07, 6.45) is 0. The maximum absolute atomic E-state index is 9.19. The Morgan fingerprint density at radius 2 is 1.59 bits per heavy atom. The lowest BCUT2D eigenvalue weighted by Crippen LogP contribution is -2.37. The van der Waals surface area contributed by atoms with E-state index in [1.165, 1.54) is 28.8 Å². The van der Waals surface area contributed by atoms with E-state index in [0.717, 1.165) is 23.4 Å². The van der Waals surface area contributed by atoms with Gasteiger partial charge >= 0.3 is 0 Å². The first kappa shape index (κ1) is 9.82. The van der Waals surface area contributed by atoms with Crippen LogP contribution in [-0.2, 0) is 0 Å². The molecule has 3 aromatic carbocycles. The number of para-hydroxylation sites is 1. The van der Waals surface area contributed by atoms with Crippen molar-refractivity contribution in [2.24, 2.45) is 0 Å². The summed E-state index contributed by atoms with van der Waals surface area (Å²) in [4.78, 5) is 4.73. The van der Waals surface area contributed by atoms with Crippen LogP contribution in [0.1, 0.15) is 69.5 Å². The van der Waals surface area contributed by atoms with Crippen molar-refractivity contribution in [1.29, 1.82) is 3.70 Å². The van der Waals surface area contributed by atoms with E-state index < -0.39 is 74.1 Å². The highest BCUT2D eigenvalue weighted by molar-refractivity contribution is 6.88. The van der Waals surface area contributed by atoms with Crippen molar-refractivity contribution in [3.05, 3.63) is 71.8 Å². The Balaban J connectivity index is 2.39. The Hall–Kier alpha value is -2.44. The molecular formula is C28H36N2Si2. The van der Waals surface area contributed by atoms with E-state index in [0.29, 0.717) is 0 Å². The molecule has 0 aliphatic rings. The molecule has 0 fully saturated rings. The number of aromatic nitrogens is 2. The highest BCUT2D eigenvalue weighted by atomic mass is 28.3. The Morgan fingerprint density at radius 1 is 0.938 bits per heavy atom. The highest BCUT2D eigenvalue weighted by Gasteiger charge is 2.24. The summed E-state index contributed by atoms with van der Waals surface area (Å²) in [5, 5.41) is 0.967. The fraction of sp³-hybridized carbons (Fsp3) is 0.321. The van der Waals surface area contributed by atoms with Gasteiger partial charge in [0.05, 0.1) is 24.8 Å². The van der Waals surface area contributed by atoms with E-state index in [4.69, 9.17) is 25.1 Å². The summed E-state index contributed by atoms with van der Waals surface area (Å²) in [6, 6.07) is 13.9. The molecule has 0 saturated carbocycles. The third-order valence-corrected chi connectivity index (χ3v) is 7.84. The van der Waals surface area contributed by atoms with Gasteiger partial charge in [-0.2, -0.15) is 0 Å². The third-order valence-electron chi connectivity index (χ3n) is 5.46. The van der Waals surface area contributed by atoms with Crippen molar-refractivity contribution in [3.63, 3.8) is 0 Å². The van der Waals surface area contributed by atoms with Crippen molar-refractivity contribution in [2.75, 3.05) is 0 Å². The first-order chi connectivity index (χ1) is 21.9. The second-order valence-electron chi connectivity index (χ2n) is 8.75. The molecule has 32 heavy (non-hydrogen) atoms. The first-order valence-electron chi connectivity index (χ1n) is 18.7. The van der Waals surface area contributed by atoms with Crippen LogP contribution in [0.15, 0.2) is 60.7 Å². The van der Waals surface area contributed by atoms with Gasteiger partial charge in [-0.15, -0.1) is 0 Å². The molecule has 0 spiro atoms. The van der Waals surface area contributed by atoms with Crippen LogP contribution in [0.3, 0.4) is 0 Å². The normalized spacial score (nSPS) is 22.8. The predicted molar refractivity (Wildman–Crippen MR) is 147 cm³/mol. The summed E-state index contributed by atoms with van der Waals surface area (Å²) in [5.41, 5.74) is -1.42. The molecule has 0 bridgehead atoms. The number of hydrogen-bond acceptors (Lipinski definition) is 1. The van der Waals surface area contributed by atoms with Crippen LogP contribution in [0.25, 0.3) is 28.1 Å². The Labute approximate surface area is 220 Å². The molecule has 0 N–H and O–H groups in total. The van der Waals surface area contributed by atoms with Gasteiger partial charge < -0.3 is 0 Å². The zero-order valence-electron chi connectivity index (χ0n) is 35.2. The van der Waals surface area contributed by atoms with Crippen LogP contribution in [-0.4, -0.2) is 31.4 Å². The molecule has 166 valence electrons. The highest BCUT2D eigenvalue weighted by Crippen LogP contribution is 2.36. The fourth-order valence-corrected chi connectivity index (χ4v) is 5.09. The quantitative estimate of drug-likeness (QED) is 0.339. The van der Waals surface area contributed by atoms with Gasteiger partial charge in [0.2, 0.25) is 0 Å². The predicted octanol–water partition coefficient (Wildman–Crippen LogP) is 5.48. The molecule has 0 saturated heterocycles. The smallest absolute Gasteiger partial charge is 0.145 e. The minimum atomic E-state index is -4.02. The van der Waals surface area contributed by atoms with Gasteiger partial charge in [-0.25, -0.2) is 4.98 Å². The standard InChI is InChI=1S/C28H36N2Si2/c1-18(2)23-9-8-10-24(19(3)4)27(23)30-26-17-22(32(5,6)7)15-16-25(26)29-28(30)20-11-13-21(31)14-12-20/h8-19H,1-7,31H3/i1D3,2D3,3D3,4D3,18D,19D,31D3. The summed E-state index contributed by atoms with van der Waals surface area (Å²) in [7, 11) is -6.14. The van der Waals surface area contributed by atoms with Crippen molar-refractivity contribution in [2.45, 2.75) is 58.8 Å². The molecular weight excluding hydrogens is 420 g/mol. The lowest BCUT2D eigenvalue weighted by Gasteiger charge is -2.23. The van der Waals surface area contributed by atoms with Gasteiger partial charge in [0.1, 0.15) is 5.82 Å². The van der Waals surface area contributed by atoms with Gasteiger partial charge in [-0.3, -0.25) is 4.57 Å². The van der Waals surface area contributed by atoms with Crippen LogP contribution < -0.4 is 10.4 Å². The van der Waals surface area contributed by atoms with Crippen molar-refractivity contribution in [3.8, 4) is 17.1 Å². The minimum absolute atomic E-state index is 0.0490. The summed E-state index contributed by atoms with van der Waals surface area (Å²) in [5.74, 6) is -6.97. The lowest BCUT2D eigenvalue weighted by molar-refractivity contribution is 0.811. The van der Waals surface area contributed by atoms with Crippen LogP contribution in [0, 0.1) is 0 Å². The zero-order valence-corrected chi connectivity index (χ0v) is 20.2. The summed E-state index contributed by atoms with van der Waals surface area (Å²) >= 11 is 0. The largest absolute Gasteiger partial charge is 0.292 e. The minimum Gasteiger partial charge on any atom is -0.292 e. The average molecular weight is 474 g/mol. The molecule has 0 unspecified atom stereocenters. The van der Waals surface area contributed by atoms with E-state index in [2.05, 4.69) is 0 Å². The molecule has 4 aromatic rings. The SMILES string of the molecule is [2H]C([2H])([2H])C([2H])(c1cccc(C([2H])(C([2H])([2H])[2H])C([2H])([2H])[2H])c1-n1c(-c2ccc([Si]([2H])([2H])[2H])cc2)nc2ccc([Si](C)(C)C)cc21)C([2H])([2H])[2H]. The van der Waals surface area contributed by atoms with E-state index in [1.54, 1.807) is 12.1 Å². The van der Waals surface area contributed by atoms with Gasteiger partial charge in [-0.1, -0.05) is 106 Å². The summed E-state index contributed by atoms with van der Waals surface area (Å²) < 4.78 is 143. The van der Waals surface area contributed by atoms with Gasteiger partial charge in [0.25, 0.3) is 0 Å². The van der Waals surface area contributed by atoms with Crippen LogP contribution in [0.5, 0.6) is 0 Å². The molecule has 4 rings (SSSR count). The second-order valence-corrected chi connectivity index (χ2v) is 14.4. The Kier molecular flexibility index (Phi) is 2.60. The fourth-order valence-electron chi connectivity index (χ4n) is 3.77.